The fraction of sp³-hybridized carbons (Fsp3) is 0.583. The van der Waals surface area contributed by atoms with Gasteiger partial charge in [0.1, 0.15) is 42.1 Å². The van der Waals surface area contributed by atoms with Gasteiger partial charge in [0.2, 0.25) is 0 Å². The number of carbonyl (C=O) groups is 2. The van der Waals surface area contributed by atoms with E-state index in [-0.39, 0.29) is 18.5 Å². The summed E-state index contributed by atoms with van der Waals surface area (Å²) in [5.41, 5.74) is 0.979. The SMILES string of the molecule is COc1cc(OC[C@@H](O)C[NH+](C)C)cc2c1C(=O)O[C@@H](C)CCCC(=O)CCC/C=C/2. The Labute approximate surface area is 185 Å². The van der Waals surface area contributed by atoms with Crippen molar-refractivity contribution in [2.45, 2.75) is 57.7 Å². The summed E-state index contributed by atoms with van der Waals surface area (Å²) in [6.45, 7) is 2.53. The molecule has 0 amide bonds. The molecule has 0 aromatic heterocycles. The average Bonchev–Trinajstić information content (AvgIpc) is 2.70. The highest BCUT2D eigenvalue weighted by Gasteiger charge is 2.22. The van der Waals surface area contributed by atoms with Gasteiger partial charge in [-0.15, -0.1) is 0 Å². The largest absolute Gasteiger partial charge is 0.496 e. The lowest BCUT2D eigenvalue weighted by Crippen LogP contribution is -3.07. The number of nitrogens with one attached hydrogen (secondary N) is 1. The zero-order valence-corrected chi connectivity index (χ0v) is 19.1. The Bertz CT molecular complexity index is 774. The minimum absolute atomic E-state index is 0.139. The van der Waals surface area contributed by atoms with E-state index in [1.54, 1.807) is 12.1 Å². The first-order valence-corrected chi connectivity index (χ1v) is 11.0. The first kappa shape index (κ1) is 24.9. The van der Waals surface area contributed by atoms with E-state index in [4.69, 9.17) is 14.2 Å². The summed E-state index contributed by atoms with van der Waals surface area (Å²) < 4.78 is 16.9. The number of Topliss-reactive ketones (excluding diaryl/α,β-unsaturated/α-hetero) is 1. The highest BCUT2D eigenvalue weighted by molar-refractivity contribution is 5.97. The topological polar surface area (TPSA) is 86.5 Å². The number of allylic oxidation sites excluding steroid dienone is 1. The molecule has 0 saturated heterocycles. The second-order valence-corrected chi connectivity index (χ2v) is 8.41. The molecule has 31 heavy (non-hydrogen) atoms. The minimum Gasteiger partial charge on any atom is -0.496 e. The normalized spacial score (nSPS) is 20.4. The van der Waals surface area contributed by atoms with Gasteiger partial charge in [0.15, 0.2) is 0 Å². The fourth-order valence-electron chi connectivity index (χ4n) is 3.57. The van der Waals surface area contributed by atoms with Gasteiger partial charge in [-0.25, -0.2) is 4.79 Å². The lowest BCUT2D eigenvalue weighted by molar-refractivity contribution is -0.861. The number of benzene rings is 1. The number of fused-ring (bicyclic) bond motifs is 1. The number of ketones is 1. The molecule has 1 aliphatic heterocycles. The van der Waals surface area contributed by atoms with Gasteiger partial charge in [0.25, 0.3) is 0 Å². The molecule has 2 N–H and O–H groups in total. The number of hydrogen-bond donors (Lipinski definition) is 2. The molecule has 0 unspecified atom stereocenters. The molecular weight excluding hydrogens is 398 g/mol. The van der Waals surface area contributed by atoms with Crippen LogP contribution in [0.15, 0.2) is 18.2 Å². The Balaban J connectivity index is 2.31. The van der Waals surface area contributed by atoms with Crippen molar-refractivity contribution in [3.05, 3.63) is 29.3 Å². The molecule has 0 saturated carbocycles. The zero-order valence-electron chi connectivity index (χ0n) is 19.1. The lowest BCUT2D eigenvalue weighted by atomic mass is 10.0. The van der Waals surface area contributed by atoms with Crippen LogP contribution < -0.4 is 14.4 Å². The number of rotatable bonds is 6. The maximum atomic E-state index is 12.9. The van der Waals surface area contributed by atoms with Crippen LogP contribution in [0.25, 0.3) is 6.08 Å². The lowest BCUT2D eigenvalue weighted by Gasteiger charge is -2.19. The molecular formula is C24H36NO6+. The number of cyclic esters (lactones) is 1. The van der Waals surface area contributed by atoms with Gasteiger partial charge >= 0.3 is 5.97 Å². The van der Waals surface area contributed by atoms with Gasteiger partial charge in [-0.05, 0) is 44.2 Å². The molecule has 1 aromatic carbocycles. The van der Waals surface area contributed by atoms with Crippen LogP contribution >= 0.6 is 0 Å². The maximum Gasteiger partial charge on any atom is 0.342 e. The van der Waals surface area contributed by atoms with E-state index in [0.717, 1.165) is 17.7 Å². The van der Waals surface area contributed by atoms with Crippen LogP contribution in [0.1, 0.15) is 61.4 Å². The molecule has 1 heterocycles. The van der Waals surface area contributed by atoms with Gasteiger partial charge in [0, 0.05) is 18.9 Å². The third kappa shape index (κ3) is 8.34. The fourth-order valence-corrected chi connectivity index (χ4v) is 3.57. The summed E-state index contributed by atoms with van der Waals surface area (Å²) in [5, 5.41) is 10.1. The van der Waals surface area contributed by atoms with Crippen molar-refractivity contribution in [1.29, 1.82) is 0 Å². The van der Waals surface area contributed by atoms with Crippen molar-refractivity contribution in [3.63, 3.8) is 0 Å². The molecule has 7 nitrogen and oxygen atoms in total. The van der Waals surface area contributed by atoms with Crippen LogP contribution in [-0.2, 0) is 9.53 Å². The Morgan fingerprint density at radius 1 is 1.23 bits per heavy atom. The van der Waals surface area contributed by atoms with E-state index in [0.29, 0.717) is 54.9 Å². The summed E-state index contributed by atoms with van der Waals surface area (Å²) in [4.78, 5) is 26.0. The van der Waals surface area contributed by atoms with Crippen molar-refractivity contribution >= 4 is 17.8 Å². The van der Waals surface area contributed by atoms with E-state index in [2.05, 4.69) is 0 Å². The molecule has 1 aliphatic rings. The molecule has 1 aromatic rings. The Kier molecular flexibility index (Phi) is 10.0. The third-order valence-electron chi connectivity index (χ3n) is 5.11. The van der Waals surface area contributed by atoms with Crippen molar-refractivity contribution in [3.8, 4) is 11.5 Å². The Morgan fingerprint density at radius 3 is 2.68 bits per heavy atom. The Morgan fingerprint density at radius 2 is 1.97 bits per heavy atom. The first-order chi connectivity index (χ1) is 14.8. The van der Waals surface area contributed by atoms with Gasteiger partial charge in [-0.2, -0.15) is 0 Å². The number of hydrogen-bond acceptors (Lipinski definition) is 6. The predicted molar refractivity (Wildman–Crippen MR) is 119 cm³/mol. The standard InChI is InChI=1S/C24H35NO6/c1-17-9-8-12-19(26)11-7-5-6-10-18-13-21(30-16-20(27)15-25(2)3)14-22(29-4)23(18)24(28)31-17/h6,10,13-14,17,20,27H,5,7-9,11-12,15-16H2,1-4H3/p+1/b10-6+/t17-,20-/m0/s1. The Hall–Kier alpha value is -2.38. The van der Waals surface area contributed by atoms with Crippen molar-refractivity contribution in [2.24, 2.45) is 0 Å². The van der Waals surface area contributed by atoms with E-state index in [1.165, 1.54) is 7.11 Å². The molecule has 0 spiro atoms. The molecule has 2 rings (SSSR count). The minimum atomic E-state index is -0.608. The first-order valence-electron chi connectivity index (χ1n) is 11.0. The van der Waals surface area contributed by atoms with E-state index in [9.17, 15) is 14.7 Å². The number of carbonyl (C=O) groups excluding carboxylic acids is 2. The molecule has 0 fully saturated rings. The average molecular weight is 435 g/mol. The molecule has 2 atom stereocenters. The number of esters is 1. The van der Waals surface area contributed by atoms with Crippen molar-refractivity contribution < 1.29 is 33.8 Å². The quantitative estimate of drug-likeness (QED) is 0.667. The van der Waals surface area contributed by atoms with E-state index < -0.39 is 12.1 Å². The number of aliphatic hydroxyl groups excluding tert-OH is 1. The molecule has 0 aliphatic carbocycles. The van der Waals surface area contributed by atoms with Crippen LogP contribution in [0.4, 0.5) is 0 Å². The smallest absolute Gasteiger partial charge is 0.342 e. The maximum absolute atomic E-state index is 12.9. The third-order valence-corrected chi connectivity index (χ3v) is 5.11. The number of quaternary nitrogens is 1. The van der Waals surface area contributed by atoms with Crippen LogP contribution in [0.3, 0.4) is 0 Å². The van der Waals surface area contributed by atoms with Crippen LogP contribution in [0, 0.1) is 0 Å². The van der Waals surface area contributed by atoms with Gasteiger partial charge in [0.05, 0.1) is 27.3 Å². The zero-order chi connectivity index (χ0) is 22.8. The van der Waals surface area contributed by atoms with Crippen LogP contribution in [0.2, 0.25) is 0 Å². The summed E-state index contributed by atoms with van der Waals surface area (Å²) in [6, 6.07) is 3.40. The van der Waals surface area contributed by atoms with Crippen LogP contribution in [-0.4, -0.2) is 63.4 Å². The second-order valence-electron chi connectivity index (χ2n) is 8.41. The molecule has 7 heteroatoms. The highest BCUT2D eigenvalue weighted by atomic mass is 16.5. The summed E-state index contributed by atoms with van der Waals surface area (Å²) >= 11 is 0. The number of aliphatic hydroxyl groups is 1. The van der Waals surface area contributed by atoms with Gasteiger partial charge in [-0.3, -0.25) is 4.79 Å². The summed E-state index contributed by atoms with van der Waals surface area (Å²) in [5.74, 6) is 0.657. The number of methoxy groups -OCH3 is 1. The molecule has 0 radical (unpaired) electrons. The molecule has 172 valence electrons. The van der Waals surface area contributed by atoms with Gasteiger partial charge < -0.3 is 24.2 Å². The number of likely N-dealkylation sites (N-methyl/N-ethyl adjacent to an activating group) is 1. The summed E-state index contributed by atoms with van der Waals surface area (Å²) in [7, 11) is 5.42. The highest BCUT2D eigenvalue weighted by Crippen LogP contribution is 2.31. The van der Waals surface area contributed by atoms with Crippen LogP contribution in [0.5, 0.6) is 11.5 Å². The van der Waals surface area contributed by atoms with E-state index >= 15 is 0 Å². The number of ether oxygens (including phenoxy) is 3. The monoisotopic (exact) mass is 434 g/mol. The van der Waals surface area contributed by atoms with E-state index in [1.807, 2.05) is 33.2 Å². The van der Waals surface area contributed by atoms with Gasteiger partial charge in [-0.1, -0.05) is 12.2 Å². The van der Waals surface area contributed by atoms with Crippen molar-refractivity contribution in [2.75, 3.05) is 34.4 Å². The summed E-state index contributed by atoms with van der Waals surface area (Å²) in [6.07, 6.45) is 6.81. The predicted octanol–water partition coefficient (Wildman–Crippen LogP) is 2.06. The second kappa shape index (κ2) is 12.5. The molecule has 0 bridgehead atoms. The van der Waals surface area contributed by atoms with Crippen molar-refractivity contribution in [1.82, 2.24) is 0 Å².